The monoisotopic (exact) mass is 358 g/mol. The number of hydrogen-bond acceptors (Lipinski definition) is 4. The van der Waals surface area contributed by atoms with E-state index in [4.69, 9.17) is 23.2 Å². The molecular weight excluding hydrogens is 343 g/mol. The van der Waals surface area contributed by atoms with Crippen LogP contribution >= 0.6 is 23.2 Å². The highest BCUT2D eigenvalue weighted by Gasteiger charge is 2.05. The van der Waals surface area contributed by atoms with Gasteiger partial charge >= 0.3 is 0 Å². The largest absolute Gasteiger partial charge is 0.366 e. The van der Waals surface area contributed by atoms with Crippen molar-refractivity contribution < 1.29 is 0 Å². The van der Waals surface area contributed by atoms with Crippen molar-refractivity contribution in [1.82, 2.24) is 9.97 Å². The quantitative estimate of drug-likeness (QED) is 0.636. The van der Waals surface area contributed by atoms with Gasteiger partial charge in [-0.3, -0.25) is 0 Å². The molecule has 0 aliphatic heterocycles. The summed E-state index contributed by atoms with van der Waals surface area (Å²) in [4.78, 5) is 8.65. The van der Waals surface area contributed by atoms with E-state index in [1.165, 1.54) is 11.1 Å². The third-order valence-electron chi connectivity index (χ3n) is 3.39. The van der Waals surface area contributed by atoms with Crippen LogP contribution in [0.5, 0.6) is 0 Å². The van der Waals surface area contributed by atoms with Gasteiger partial charge in [0.05, 0.1) is 10.7 Å². The summed E-state index contributed by atoms with van der Waals surface area (Å²) in [5, 5.41) is 7.52. The van der Waals surface area contributed by atoms with Crippen LogP contribution in [-0.2, 0) is 6.54 Å². The number of nitrogens with zero attached hydrogens (tertiary/aromatic N) is 2. The standard InChI is InChI=1S/C18H16Cl2N4/c1-12-3-2-4-13(9-12)11-22-17-7-8-21-18(24-17)23-16-10-14(19)5-6-15(16)20/h2-10H,11H2,1H3,(H2,21,22,23,24). The Morgan fingerprint density at radius 1 is 1.04 bits per heavy atom. The van der Waals surface area contributed by atoms with E-state index in [1.807, 2.05) is 12.1 Å². The van der Waals surface area contributed by atoms with Crippen molar-refractivity contribution >= 4 is 40.7 Å². The SMILES string of the molecule is Cc1cccc(CNc2ccnc(Nc3cc(Cl)ccc3Cl)n2)c1. The highest BCUT2D eigenvalue weighted by atomic mass is 35.5. The van der Waals surface area contributed by atoms with Gasteiger partial charge in [-0.15, -0.1) is 0 Å². The van der Waals surface area contributed by atoms with E-state index in [9.17, 15) is 0 Å². The van der Waals surface area contributed by atoms with Gasteiger partial charge in [0.25, 0.3) is 0 Å². The first-order chi connectivity index (χ1) is 11.6. The smallest absolute Gasteiger partial charge is 0.229 e. The Bertz CT molecular complexity index is 852. The van der Waals surface area contributed by atoms with E-state index >= 15 is 0 Å². The summed E-state index contributed by atoms with van der Waals surface area (Å²) in [6.07, 6.45) is 1.69. The first kappa shape index (κ1) is 16.6. The molecule has 0 bridgehead atoms. The molecule has 3 aromatic rings. The number of rotatable bonds is 5. The fourth-order valence-electron chi connectivity index (χ4n) is 2.25. The van der Waals surface area contributed by atoms with Crippen LogP contribution in [0.15, 0.2) is 54.7 Å². The molecule has 0 saturated heterocycles. The van der Waals surface area contributed by atoms with Gasteiger partial charge in [-0.2, -0.15) is 4.98 Å². The molecule has 0 spiro atoms. The van der Waals surface area contributed by atoms with Crippen LogP contribution in [0.1, 0.15) is 11.1 Å². The second-order valence-corrected chi connectivity index (χ2v) is 6.20. The summed E-state index contributed by atoms with van der Waals surface area (Å²) in [6.45, 7) is 2.76. The highest BCUT2D eigenvalue weighted by Crippen LogP contribution is 2.27. The lowest BCUT2D eigenvalue weighted by molar-refractivity contribution is 1.08. The van der Waals surface area contributed by atoms with Crippen molar-refractivity contribution in [2.75, 3.05) is 10.6 Å². The molecule has 1 heterocycles. The van der Waals surface area contributed by atoms with Gasteiger partial charge in [0.2, 0.25) is 5.95 Å². The first-order valence-electron chi connectivity index (χ1n) is 7.45. The molecule has 0 unspecified atom stereocenters. The molecule has 0 aliphatic carbocycles. The maximum atomic E-state index is 6.15. The van der Waals surface area contributed by atoms with Gasteiger partial charge in [0, 0.05) is 17.8 Å². The fourth-order valence-corrected chi connectivity index (χ4v) is 2.58. The molecule has 2 N–H and O–H groups in total. The molecule has 0 fully saturated rings. The Morgan fingerprint density at radius 3 is 2.75 bits per heavy atom. The first-order valence-corrected chi connectivity index (χ1v) is 8.20. The lowest BCUT2D eigenvalue weighted by atomic mass is 10.1. The minimum atomic E-state index is 0.452. The lowest BCUT2D eigenvalue weighted by Crippen LogP contribution is -2.04. The van der Waals surface area contributed by atoms with Crippen LogP contribution in [0.4, 0.5) is 17.5 Å². The molecule has 0 radical (unpaired) electrons. The number of benzene rings is 2. The Labute approximate surface area is 150 Å². The topological polar surface area (TPSA) is 49.8 Å². The number of hydrogen-bond donors (Lipinski definition) is 2. The van der Waals surface area contributed by atoms with Gasteiger partial charge in [0.1, 0.15) is 5.82 Å². The number of anilines is 3. The molecule has 1 aromatic heterocycles. The van der Waals surface area contributed by atoms with Crippen molar-refractivity contribution in [3.8, 4) is 0 Å². The third-order valence-corrected chi connectivity index (χ3v) is 3.95. The van der Waals surface area contributed by atoms with Crippen LogP contribution < -0.4 is 10.6 Å². The molecule has 122 valence electrons. The molecule has 3 rings (SSSR count). The molecule has 0 aliphatic rings. The van der Waals surface area contributed by atoms with Crippen LogP contribution in [0, 0.1) is 6.92 Å². The van der Waals surface area contributed by atoms with E-state index in [0.29, 0.717) is 28.2 Å². The average Bonchev–Trinajstić information content (AvgIpc) is 2.57. The summed E-state index contributed by atoms with van der Waals surface area (Å²) in [7, 11) is 0. The van der Waals surface area contributed by atoms with Gasteiger partial charge in [-0.1, -0.05) is 53.0 Å². The Hall–Kier alpha value is -2.30. The Morgan fingerprint density at radius 2 is 1.92 bits per heavy atom. The molecular formula is C18H16Cl2N4. The third kappa shape index (κ3) is 4.37. The molecule has 24 heavy (non-hydrogen) atoms. The highest BCUT2D eigenvalue weighted by molar-refractivity contribution is 6.35. The maximum absolute atomic E-state index is 6.15. The van der Waals surface area contributed by atoms with Crippen LogP contribution in [0.3, 0.4) is 0 Å². The van der Waals surface area contributed by atoms with Crippen molar-refractivity contribution in [3.05, 3.63) is 75.9 Å². The summed E-state index contributed by atoms with van der Waals surface area (Å²) in [5.41, 5.74) is 3.09. The van der Waals surface area contributed by atoms with Crippen molar-refractivity contribution in [1.29, 1.82) is 0 Å². The number of halogens is 2. The predicted molar refractivity (Wildman–Crippen MR) is 100 cm³/mol. The summed E-state index contributed by atoms with van der Waals surface area (Å²) in [6, 6.07) is 15.3. The van der Waals surface area contributed by atoms with Gasteiger partial charge in [-0.25, -0.2) is 4.98 Å². The normalized spacial score (nSPS) is 10.5. The van der Waals surface area contributed by atoms with Crippen molar-refractivity contribution in [2.24, 2.45) is 0 Å². The van der Waals surface area contributed by atoms with E-state index < -0.39 is 0 Å². The van der Waals surface area contributed by atoms with Crippen LogP contribution in [0.2, 0.25) is 10.0 Å². The number of aryl methyl sites for hydroxylation is 1. The van der Waals surface area contributed by atoms with E-state index in [0.717, 1.165) is 5.82 Å². The van der Waals surface area contributed by atoms with Gasteiger partial charge in [-0.05, 0) is 36.8 Å². The zero-order valence-corrected chi connectivity index (χ0v) is 14.6. The second-order valence-electron chi connectivity index (χ2n) is 5.36. The molecule has 6 heteroatoms. The fraction of sp³-hybridized carbons (Fsp3) is 0.111. The van der Waals surface area contributed by atoms with E-state index in [2.05, 4.69) is 45.7 Å². The summed E-state index contributed by atoms with van der Waals surface area (Å²) < 4.78 is 0. The summed E-state index contributed by atoms with van der Waals surface area (Å²) in [5.74, 6) is 1.18. The van der Waals surface area contributed by atoms with Gasteiger partial charge in [0.15, 0.2) is 0 Å². The van der Waals surface area contributed by atoms with E-state index in [-0.39, 0.29) is 0 Å². The molecule has 0 amide bonds. The average molecular weight is 359 g/mol. The minimum absolute atomic E-state index is 0.452. The molecule has 4 nitrogen and oxygen atoms in total. The van der Waals surface area contributed by atoms with Crippen molar-refractivity contribution in [2.45, 2.75) is 13.5 Å². The Balaban J connectivity index is 1.71. The number of nitrogens with one attached hydrogen (secondary N) is 2. The second kappa shape index (κ2) is 7.51. The summed E-state index contributed by atoms with van der Waals surface area (Å²) >= 11 is 12.1. The molecule has 0 atom stereocenters. The molecule has 2 aromatic carbocycles. The predicted octanol–water partition coefficient (Wildman–Crippen LogP) is 5.45. The van der Waals surface area contributed by atoms with Gasteiger partial charge < -0.3 is 10.6 Å². The Kier molecular flexibility index (Phi) is 5.18. The molecule has 0 saturated carbocycles. The zero-order chi connectivity index (χ0) is 16.9. The lowest BCUT2D eigenvalue weighted by Gasteiger charge is -2.10. The van der Waals surface area contributed by atoms with Crippen molar-refractivity contribution in [3.63, 3.8) is 0 Å². The van der Waals surface area contributed by atoms with E-state index in [1.54, 1.807) is 24.4 Å². The number of aromatic nitrogens is 2. The maximum Gasteiger partial charge on any atom is 0.229 e. The van der Waals surface area contributed by atoms with Crippen LogP contribution in [0.25, 0.3) is 0 Å². The minimum Gasteiger partial charge on any atom is -0.366 e. The zero-order valence-electron chi connectivity index (χ0n) is 13.1. The van der Waals surface area contributed by atoms with Crippen LogP contribution in [-0.4, -0.2) is 9.97 Å².